The van der Waals surface area contributed by atoms with Gasteiger partial charge in [0.1, 0.15) is 12.3 Å². The fourth-order valence-corrected chi connectivity index (χ4v) is 3.00. The molecule has 1 saturated carbocycles. The minimum absolute atomic E-state index is 0.00454. The van der Waals surface area contributed by atoms with Crippen molar-refractivity contribution < 1.29 is 9.53 Å². The smallest absolute Gasteiger partial charge is 0.243 e. The van der Waals surface area contributed by atoms with Gasteiger partial charge in [0.25, 0.3) is 0 Å². The molecule has 144 valence electrons. The van der Waals surface area contributed by atoms with Gasteiger partial charge in [-0.3, -0.25) is 4.79 Å². The number of carbonyl (C=O) groups excluding carboxylic acids is 1. The zero-order chi connectivity index (χ0) is 18.8. The van der Waals surface area contributed by atoms with E-state index in [4.69, 9.17) is 4.74 Å². The van der Waals surface area contributed by atoms with Gasteiger partial charge in [0.15, 0.2) is 5.96 Å². The normalized spacial score (nSPS) is 15.4. The molecule has 1 aromatic rings. The molecule has 0 aromatic heterocycles. The lowest BCUT2D eigenvalue weighted by Gasteiger charge is -2.25. The number of ether oxygens (including phenoxy) is 1. The number of likely N-dealkylation sites (N-methyl/N-ethyl adjacent to an activating group) is 1. The summed E-state index contributed by atoms with van der Waals surface area (Å²) in [5, 5.41) is 6.88. The number of methoxy groups -OCH3 is 1. The third-order valence-corrected chi connectivity index (χ3v) is 4.68. The molecule has 1 aliphatic carbocycles. The Kier molecular flexibility index (Phi) is 8.25. The van der Waals surface area contributed by atoms with Gasteiger partial charge in [-0.25, -0.2) is 4.99 Å². The minimum atomic E-state index is 0.00454. The molecule has 0 atom stereocenters. The molecule has 6 nitrogen and oxygen atoms in total. The van der Waals surface area contributed by atoms with Crippen molar-refractivity contribution in [3.05, 3.63) is 29.8 Å². The number of benzene rings is 1. The first-order valence-corrected chi connectivity index (χ1v) is 9.46. The Morgan fingerprint density at radius 1 is 1.19 bits per heavy atom. The second kappa shape index (κ2) is 10.7. The van der Waals surface area contributed by atoms with Crippen LogP contribution in [0.1, 0.15) is 37.7 Å². The van der Waals surface area contributed by atoms with E-state index in [0.717, 1.165) is 24.7 Å². The lowest BCUT2D eigenvalue weighted by molar-refractivity contribution is -0.127. The van der Waals surface area contributed by atoms with Gasteiger partial charge in [-0.05, 0) is 37.0 Å². The van der Waals surface area contributed by atoms with E-state index in [2.05, 4.69) is 27.8 Å². The van der Waals surface area contributed by atoms with Crippen LogP contribution in [0.4, 0.5) is 0 Å². The Hall–Kier alpha value is -2.24. The number of nitrogens with zero attached hydrogens (tertiary/aromatic N) is 2. The number of amides is 1. The molecule has 0 saturated heterocycles. The topological polar surface area (TPSA) is 66.0 Å². The minimum Gasteiger partial charge on any atom is -0.497 e. The van der Waals surface area contributed by atoms with Crippen LogP contribution in [-0.4, -0.2) is 57.1 Å². The molecule has 1 fully saturated rings. The van der Waals surface area contributed by atoms with Crippen molar-refractivity contribution in [3.63, 3.8) is 0 Å². The second-order valence-electron chi connectivity index (χ2n) is 6.96. The fraction of sp³-hybridized carbons (Fsp3) is 0.600. The van der Waals surface area contributed by atoms with E-state index in [0.29, 0.717) is 6.04 Å². The van der Waals surface area contributed by atoms with E-state index >= 15 is 0 Å². The molecule has 1 amide bonds. The summed E-state index contributed by atoms with van der Waals surface area (Å²) in [4.78, 5) is 17.9. The highest BCUT2D eigenvalue weighted by atomic mass is 16.5. The number of hydrogen-bond acceptors (Lipinski definition) is 3. The average Bonchev–Trinajstić information content (AvgIpc) is 2.67. The number of carbonyl (C=O) groups is 1. The summed E-state index contributed by atoms with van der Waals surface area (Å²) in [5.74, 6) is 1.61. The monoisotopic (exact) mass is 360 g/mol. The summed E-state index contributed by atoms with van der Waals surface area (Å²) in [6, 6.07) is 8.54. The zero-order valence-electron chi connectivity index (χ0n) is 16.3. The van der Waals surface area contributed by atoms with Crippen molar-refractivity contribution in [1.82, 2.24) is 15.5 Å². The van der Waals surface area contributed by atoms with Crippen molar-refractivity contribution in [2.75, 3.05) is 34.3 Å². The highest BCUT2D eigenvalue weighted by molar-refractivity contribution is 5.84. The highest BCUT2D eigenvalue weighted by Crippen LogP contribution is 2.17. The average molecular weight is 361 g/mol. The first-order chi connectivity index (χ1) is 12.6. The molecule has 0 heterocycles. The quantitative estimate of drug-likeness (QED) is 0.578. The van der Waals surface area contributed by atoms with Gasteiger partial charge in [0, 0.05) is 26.7 Å². The molecule has 0 radical (unpaired) electrons. The van der Waals surface area contributed by atoms with Gasteiger partial charge < -0.3 is 20.3 Å². The molecule has 1 aromatic carbocycles. The maximum Gasteiger partial charge on any atom is 0.243 e. The molecule has 2 rings (SSSR count). The van der Waals surface area contributed by atoms with Gasteiger partial charge in [0.2, 0.25) is 5.91 Å². The number of hydrogen-bond donors (Lipinski definition) is 2. The lowest BCUT2D eigenvalue weighted by atomic mass is 9.96. The Morgan fingerprint density at radius 3 is 2.50 bits per heavy atom. The third-order valence-electron chi connectivity index (χ3n) is 4.68. The van der Waals surface area contributed by atoms with Crippen molar-refractivity contribution in [2.45, 2.75) is 44.6 Å². The van der Waals surface area contributed by atoms with Crippen LogP contribution >= 0.6 is 0 Å². The highest BCUT2D eigenvalue weighted by Gasteiger charge is 2.15. The Balaban J connectivity index is 1.88. The summed E-state index contributed by atoms with van der Waals surface area (Å²) in [6.45, 7) is 0.929. The van der Waals surface area contributed by atoms with Gasteiger partial charge in [0.05, 0.1) is 7.11 Å². The van der Waals surface area contributed by atoms with E-state index in [-0.39, 0.29) is 12.5 Å². The van der Waals surface area contributed by atoms with E-state index < -0.39 is 0 Å². The van der Waals surface area contributed by atoms with Crippen molar-refractivity contribution >= 4 is 11.9 Å². The fourth-order valence-electron chi connectivity index (χ4n) is 3.00. The van der Waals surface area contributed by atoms with Crippen LogP contribution in [-0.2, 0) is 11.2 Å². The Labute approximate surface area is 157 Å². The molecule has 0 unspecified atom stereocenters. The van der Waals surface area contributed by atoms with Crippen LogP contribution in [0.15, 0.2) is 29.3 Å². The van der Waals surface area contributed by atoms with Crippen molar-refractivity contribution in [2.24, 2.45) is 4.99 Å². The van der Waals surface area contributed by atoms with Crippen LogP contribution in [0.3, 0.4) is 0 Å². The first-order valence-electron chi connectivity index (χ1n) is 9.46. The van der Waals surface area contributed by atoms with Gasteiger partial charge in [-0.15, -0.1) is 0 Å². The Morgan fingerprint density at radius 2 is 1.88 bits per heavy atom. The van der Waals surface area contributed by atoms with E-state index in [9.17, 15) is 4.79 Å². The van der Waals surface area contributed by atoms with E-state index in [1.807, 2.05) is 12.1 Å². The first kappa shape index (κ1) is 20.1. The summed E-state index contributed by atoms with van der Waals surface area (Å²) >= 11 is 0. The summed E-state index contributed by atoms with van der Waals surface area (Å²) in [7, 11) is 5.18. The summed E-state index contributed by atoms with van der Waals surface area (Å²) < 4.78 is 5.19. The molecule has 6 heteroatoms. The lowest BCUT2D eigenvalue weighted by Crippen LogP contribution is -2.45. The second-order valence-corrected chi connectivity index (χ2v) is 6.96. The molecule has 0 spiro atoms. The largest absolute Gasteiger partial charge is 0.497 e. The molecule has 2 N–H and O–H groups in total. The van der Waals surface area contributed by atoms with Crippen LogP contribution in [0.5, 0.6) is 5.75 Å². The predicted octanol–water partition coefficient (Wildman–Crippen LogP) is 2.19. The van der Waals surface area contributed by atoms with E-state index in [1.165, 1.54) is 37.7 Å². The maximum absolute atomic E-state index is 11.8. The molecule has 0 bridgehead atoms. The Bertz CT molecular complexity index is 578. The summed E-state index contributed by atoms with van der Waals surface area (Å²) in [5.41, 5.74) is 1.24. The molecule has 1 aliphatic rings. The maximum atomic E-state index is 11.8. The number of nitrogens with one attached hydrogen (secondary N) is 2. The molecular weight excluding hydrogens is 328 g/mol. The number of rotatable bonds is 7. The van der Waals surface area contributed by atoms with Gasteiger partial charge >= 0.3 is 0 Å². The number of aliphatic imine (C=N–C) groups is 1. The van der Waals surface area contributed by atoms with Crippen molar-refractivity contribution in [1.29, 1.82) is 0 Å². The van der Waals surface area contributed by atoms with Crippen LogP contribution in [0, 0.1) is 0 Å². The molecule has 26 heavy (non-hydrogen) atoms. The molecule has 0 aliphatic heterocycles. The van der Waals surface area contributed by atoms with Crippen LogP contribution in [0.2, 0.25) is 0 Å². The van der Waals surface area contributed by atoms with Gasteiger partial charge in [-0.2, -0.15) is 0 Å². The number of guanidine groups is 1. The van der Waals surface area contributed by atoms with Crippen LogP contribution in [0.25, 0.3) is 0 Å². The molecular formula is C20H32N4O2. The predicted molar refractivity (Wildman–Crippen MR) is 106 cm³/mol. The van der Waals surface area contributed by atoms with E-state index in [1.54, 1.807) is 26.1 Å². The van der Waals surface area contributed by atoms with Crippen molar-refractivity contribution in [3.8, 4) is 5.75 Å². The third kappa shape index (κ3) is 6.94. The van der Waals surface area contributed by atoms with Crippen LogP contribution < -0.4 is 15.4 Å². The zero-order valence-corrected chi connectivity index (χ0v) is 16.3. The van der Waals surface area contributed by atoms with Gasteiger partial charge in [-0.1, -0.05) is 31.4 Å². The SMILES string of the molecule is COc1ccc(CCNC(=NCC(=O)N(C)C)NC2CCCCC2)cc1. The standard InChI is InChI=1S/C20H32N4O2/c1-24(2)19(25)15-22-20(23-17-7-5-4-6-8-17)21-14-13-16-9-11-18(26-3)12-10-16/h9-12,17H,4-8,13-15H2,1-3H3,(H2,21,22,23). The summed E-state index contributed by atoms with van der Waals surface area (Å²) in [6.07, 6.45) is 7.05.